The highest BCUT2D eigenvalue weighted by atomic mass is 35.5. The van der Waals surface area contributed by atoms with E-state index in [1.54, 1.807) is 46.3 Å². The maximum Gasteiger partial charge on any atom is 0.524 e. The summed E-state index contributed by atoms with van der Waals surface area (Å²) in [5, 5.41) is 6.42. The van der Waals surface area contributed by atoms with E-state index < -0.39 is 26.1 Å². The number of amides is 4. The normalized spacial score (nSPS) is 18.5. The van der Waals surface area contributed by atoms with Crippen LogP contribution in [0.5, 0.6) is 11.5 Å². The smallest absolute Gasteiger partial charge is 0.495 e. The van der Waals surface area contributed by atoms with Crippen LogP contribution in [0.2, 0.25) is 5.02 Å². The first-order valence-electron chi connectivity index (χ1n) is 14.7. The molecule has 15 heteroatoms. The highest BCUT2D eigenvalue weighted by Crippen LogP contribution is 2.38. The van der Waals surface area contributed by atoms with Gasteiger partial charge in [0.2, 0.25) is 11.8 Å². The van der Waals surface area contributed by atoms with Gasteiger partial charge in [0.25, 0.3) is 0 Å². The van der Waals surface area contributed by atoms with Crippen molar-refractivity contribution < 1.29 is 38.0 Å². The molecule has 0 unspecified atom stereocenters. The van der Waals surface area contributed by atoms with E-state index in [0.29, 0.717) is 16.3 Å². The van der Waals surface area contributed by atoms with Crippen LogP contribution in [0.15, 0.2) is 85.5 Å². The summed E-state index contributed by atoms with van der Waals surface area (Å²) < 4.78 is 21.2. The van der Waals surface area contributed by atoms with Crippen molar-refractivity contribution in [3.63, 3.8) is 0 Å². The molecule has 0 radical (unpaired) electrons. The molecule has 5 rings (SSSR count). The van der Waals surface area contributed by atoms with Crippen LogP contribution in [-0.4, -0.2) is 86.4 Å². The lowest BCUT2D eigenvalue weighted by Crippen LogP contribution is -2.76. The number of fused-ring (bicyclic) bond motifs is 1. The SMILES string of the molecule is C=CCN1CC(=O)N2[C@@H](Cc3ccc(OP(=O)(O)O)cc3)C(=O)N(Cc3ccc(OC)c(Cl)c3)C[C@@H]2N1C(=O)NCc1ccccc1. The minimum Gasteiger partial charge on any atom is -0.495 e. The van der Waals surface area contributed by atoms with E-state index in [1.165, 1.54) is 29.2 Å². The average molecular weight is 684 g/mol. The highest BCUT2D eigenvalue weighted by molar-refractivity contribution is 7.46. The maximum atomic E-state index is 14.2. The number of piperazine rings is 1. The van der Waals surface area contributed by atoms with Gasteiger partial charge >= 0.3 is 13.9 Å². The molecule has 3 aromatic rings. The van der Waals surface area contributed by atoms with Gasteiger partial charge in [0.05, 0.1) is 25.2 Å². The number of rotatable bonds is 11. The highest BCUT2D eigenvalue weighted by Gasteiger charge is 2.51. The Balaban J connectivity index is 1.49. The van der Waals surface area contributed by atoms with Crippen LogP contribution in [0.1, 0.15) is 16.7 Å². The van der Waals surface area contributed by atoms with E-state index in [-0.39, 0.29) is 56.7 Å². The van der Waals surface area contributed by atoms with Crippen LogP contribution in [0.25, 0.3) is 0 Å². The van der Waals surface area contributed by atoms with Crippen molar-refractivity contribution in [2.24, 2.45) is 0 Å². The third-order valence-electron chi connectivity index (χ3n) is 7.83. The summed E-state index contributed by atoms with van der Waals surface area (Å²) in [4.78, 5) is 63.2. The number of nitrogens with one attached hydrogen (secondary N) is 1. The molecular weight excluding hydrogens is 649 g/mol. The van der Waals surface area contributed by atoms with Gasteiger partial charge in [-0.15, -0.1) is 6.58 Å². The Bertz CT molecular complexity index is 1670. The predicted octanol–water partition coefficient (Wildman–Crippen LogP) is 3.56. The van der Waals surface area contributed by atoms with Crippen molar-refractivity contribution in [1.82, 2.24) is 25.1 Å². The molecule has 2 aliphatic heterocycles. The lowest BCUT2D eigenvalue weighted by atomic mass is 9.98. The molecule has 4 amide bonds. The van der Waals surface area contributed by atoms with Crippen molar-refractivity contribution in [3.05, 3.63) is 107 Å². The zero-order valence-electron chi connectivity index (χ0n) is 25.6. The standard InChI is InChI=1S/C32H35ClN5O8P/c1-3-15-36-21-30(39)37-27(17-22-9-12-25(13-10-22)46-47(42,43)44)31(40)35(19-24-11-14-28(45-2)26(33)16-24)20-29(37)38(36)32(41)34-18-23-7-5-4-6-8-23/h3-14,16,27,29H,1,15,17-21H2,2H3,(H,34,41)(H2,42,43,44)/t27-,29-/m0/s1. The molecule has 0 spiro atoms. The van der Waals surface area contributed by atoms with E-state index in [0.717, 1.165) is 11.1 Å². The summed E-state index contributed by atoms with van der Waals surface area (Å²) in [6.07, 6.45) is 0.808. The fourth-order valence-corrected chi connectivity index (χ4v) is 6.45. The van der Waals surface area contributed by atoms with Crippen LogP contribution in [0.4, 0.5) is 4.79 Å². The summed E-state index contributed by atoms with van der Waals surface area (Å²) in [5.41, 5.74) is 2.22. The van der Waals surface area contributed by atoms with Gasteiger partial charge in [-0.1, -0.05) is 66.2 Å². The number of hydrogen-bond acceptors (Lipinski definition) is 7. The minimum absolute atomic E-state index is 0.0200. The summed E-state index contributed by atoms with van der Waals surface area (Å²) in [6.45, 7) is 4.27. The number of carbonyl (C=O) groups excluding carboxylic acids is 3. The second-order valence-electron chi connectivity index (χ2n) is 11.0. The minimum atomic E-state index is -4.77. The van der Waals surface area contributed by atoms with Crippen LogP contribution in [0, 0.1) is 0 Å². The first-order chi connectivity index (χ1) is 22.5. The number of benzene rings is 3. The van der Waals surface area contributed by atoms with Gasteiger partial charge in [-0.2, -0.15) is 0 Å². The summed E-state index contributed by atoms with van der Waals surface area (Å²) in [7, 11) is -3.26. The molecule has 2 heterocycles. The van der Waals surface area contributed by atoms with Gasteiger partial charge < -0.3 is 24.4 Å². The molecule has 47 heavy (non-hydrogen) atoms. The fourth-order valence-electron chi connectivity index (χ4n) is 5.77. The summed E-state index contributed by atoms with van der Waals surface area (Å²) in [5.74, 6) is -0.243. The Labute approximate surface area is 277 Å². The lowest BCUT2D eigenvalue weighted by molar-refractivity contribution is -0.189. The van der Waals surface area contributed by atoms with E-state index in [2.05, 4.69) is 16.4 Å². The molecule has 0 aromatic heterocycles. The largest absolute Gasteiger partial charge is 0.524 e. The van der Waals surface area contributed by atoms with Crippen molar-refractivity contribution in [2.45, 2.75) is 31.7 Å². The number of ether oxygens (including phenoxy) is 1. The molecule has 2 fully saturated rings. The molecule has 3 aromatic carbocycles. The number of nitrogens with zero attached hydrogens (tertiary/aromatic N) is 4. The Morgan fingerprint density at radius 3 is 2.40 bits per heavy atom. The number of carbonyl (C=O) groups is 3. The topological polar surface area (TPSA) is 152 Å². The maximum absolute atomic E-state index is 14.2. The zero-order valence-corrected chi connectivity index (χ0v) is 27.2. The molecule has 3 N–H and O–H groups in total. The number of hydrazine groups is 1. The summed E-state index contributed by atoms with van der Waals surface area (Å²) >= 11 is 6.39. The number of phosphoric acid groups is 1. The predicted molar refractivity (Wildman–Crippen MR) is 173 cm³/mol. The third-order valence-corrected chi connectivity index (χ3v) is 8.57. The van der Waals surface area contributed by atoms with E-state index in [1.807, 2.05) is 30.3 Å². The van der Waals surface area contributed by atoms with Crippen molar-refractivity contribution in [2.75, 3.05) is 26.7 Å². The molecule has 2 atom stereocenters. The molecule has 248 valence electrons. The van der Waals surface area contributed by atoms with Crippen LogP contribution in [-0.2, 0) is 33.7 Å². The van der Waals surface area contributed by atoms with E-state index in [4.69, 9.17) is 26.1 Å². The first-order valence-corrected chi connectivity index (χ1v) is 16.6. The van der Waals surface area contributed by atoms with E-state index >= 15 is 0 Å². The van der Waals surface area contributed by atoms with Gasteiger partial charge in [-0.25, -0.2) is 19.4 Å². The Morgan fingerprint density at radius 1 is 1.06 bits per heavy atom. The van der Waals surface area contributed by atoms with Crippen LogP contribution >= 0.6 is 19.4 Å². The molecule has 0 bridgehead atoms. The number of hydrogen-bond donors (Lipinski definition) is 3. The second-order valence-corrected chi connectivity index (χ2v) is 12.6. The molecule has 0 aliphatic carbocycles. The number of halogens is 1. The monoisotopic (exact) mass is 683 g/mol. The lowest BCUT2D eigenvalue weighted by Gasteiger charge is -2.55. The molecule has 2 aliphatic rings. The van der Waals surface area contributed by atoms with Gasteiger partial charge in [0.15, 0.2) is 0 Å². The fraction of sp³-hybridized carbons (Fsp3) is 0.281. The quantitative estimate of drug-likeness (QED) is 0.204. The first kappa shape index (κ1) is 34.0. The van der Waals surface area contributed by atoms with Crippen LogP contribution < -0.4 is 14.6 Å². The number of urea groups is 1. The van der Waals surface area contributed by atoms with Gasteiger partial charge in [0, 0.05) is 26.1 Å². The van der Waals surface area contributed by atoms with Gasteiger partial charge in [-0.05, 0) is 41.0 Å². The van der Waals surface area contributed by atoms with Crippen molar-refractivity contribution in [3.8, 4) is 11.5 Å². The molecule has 0 saturated carbocycles. The third kappa shape index (κ3) is 8.13. The van der Waals surface area contributed by atoms with Crippen LogP contribution in [0.3, 0.4) is 0 Å². The van der Waals surface area contributed by atoms with Gasteiger partial charge in [0.1, 0.15) is 23.7 Å². The molecule has 2 saturated heterocycles. The number of methoxy groups -OCH3 is 1. The summed E-state index contributed by atoms with van der Waals surface area (Å²) in [6, 6.07) is 19.1. The number of phosphoric ester groups is 1. The van der Waals surface area contributed by atoms with E-state index in [9.17, 15) is 18.9 Å². The Hall–Kier alpha value is -4.39. The van der Waals surface area contributed by atoms with Crippen molar-refractivity contribution >= 4 is 37.3 Å². The van der Waals surface area contributed by atoms with Crippen molar-refractivity contribution in [1.29, 1.82) is 0 Å². The second kappa shape index (κ2) is 14.6. The zero-order chi connectivity index (χ0) is 33.7. The average Bonchev–Trinajstić information content (AvgIpc) is 3.03. The van der Waals surface area contributed by atoms with Gasteiger partial charge in [-0.3, -0.25) is 19.4 Å². The molecular formula is C32H35ClN5O8P. The Kier molecular flexibility index (Phi) is 10.5. The molecule has 13 nitrogen and oxygen atoms in total. The Morgan fingerprint density at radius 2 is 1.77 bits per heavy atom.